The fourth-order valence-electron chi connectivity index (χ4n) is 2.13. The Morgan fingerprint density at radius 1 is 1.10 bits per heavy atom. The van der Waals surface area contributed by atoms with Gasteiger partial charge in [0.25, 0.3) is 0 Å². The van der Waals surface area contributed by atoms with Gasteiger partial charge in [-0.1, -0.05) is 44.0 Å². The highest BCUT2D eigenvalue weighted by molar-refractivity contribution is 9.11. The van der Waals surface area contributed by atoms with Crippen LogP contribution in [0.1, 0.15) is 16.0 Å². The van der Waals surface area contributed by atoms with Gasteiger partial charge >= 0.3 is 0 Å². The molecule has 5 heteroatoms. The molecule has 0 fully saturated rings. The van der Waals surface area contributed by atoms with Crippen LogP contribution in [0.15, 0.2) is 40.9 Å². The Hall–Kier alpha value is -1.07. The van der Waals surface area contributed by atoms with Gasteiger partial charge in [0.1, 0.15) is 5.82 Å². The van der Waals surface area contributed by atoms with E-state index in [1.807, 2.05) is 24.3 Å². The van der Waals surface area contributed by atoms with Crippen LogP contribution in [0.4, 0.5) is 4.39 Å². The Morgan fingerprint density at radius 2 is 1.81 bits per heavy atom. The van der Waals surface area contributed by atoms with Crippen LogP contribution in [0.5, 0.6) is 11.5 Å². The van der Waals surface area contributed by atoms with Gasteiger partial charge in [-0.15, -0.1) is 0 Å². The largest absolute Gasteiger partial charge is 0.493 e. The lowest BCUT2D eigenvalue weighted by Gasteiger charge is -2.15. The molecule has 0 N–H and O–H groups in total. The van der Waals surface area contributed by atoms with E-state index < -0.39 is 0 Å². The highest BCUT2D eigenvalue weighted by Crippen LogP contribution is 2.36. The van der Waals surface area contributed by atoms with E-state index in [-0.39, 0.29) is 10.6 Å². The smallest absolute Gasteiger partial charge is 0.160 e. The highest BCUT2D eigenvalue weighted by atomic mass is 79.9. The Labute approximate surface area is 140 Å². The van der Waals surface area contributed by atoms with Gasteiger partial charge in [0.05, 0.1) is 14.2 Å². The lowest BCUT2D eigenvalue weighted by Crippen LogP contribution is -2.01. The van der Waals surface area contributed by atoms with E-state index in [4.69, 9.17) is 9.47 Å². The van der Waals surface area contributed by atoms with E-state index in [9.17, 15) is 4.39 Å². The molecule has 0 heterocycles. The second kappa shape index (κ2) is 7.27. The fourth-order valence-corrected chi connectivity index (χ4v) is 3.89. The first-order chi connectivity index (χ1) is 10.1. The minimum absolute atomic E-state index is 0.133. The molecular formula is C16H15Br2FO2. The van der Waals surface area contributed by atoms with E-state index in [2.05, 4.69) is 31.9 Å². The third-order valence-electron chi connectivity index (χ3n) is 3.18. The number of hydrogen-bond donors (Lipinski definition) is 0. The average molecular weight is 418 g/mol. The van der Waals surface area contributed by atoms with Gasteiger partial charge < -0.3 is 9.47 Å². The van der Waals surface area contributed by atoms with Crippen molar-refractivity contribution >= 4 is 31.9 Å². The standard InChI is InChI=1S/C16H15Br2FO2/c1-20-14-7-6-10(9-15(14)21-2)8-12(18)16-11(17)4-3-5-13(16)19/h3-7,9,12H,8H2,1-2H3. The molecule has 1 atom stereocenters. The summed E-state index contributed by atoms with van der Waals surface area (Å²) in [6.07, 6.45) is 0.639. The topological polar surface area (TPSA) is 18.5 Å². The maximum Gasteiger partial charge on any atom is 0.160 e. The summed E-state index contributed by atoms with van der Waals surface area (Å²) in [5.74, 6) is 1.12. The number of ether oxygens (including phenoxy) is 2. The van der Waals surface area contributed by atoms with Crippen molar-refractivity contribution in [3.63, 3.8) is 0 Å². The SMILES string of the molecule is COc1ccc(CC(Br)c2c(F)cccc2Br)cc1OC. The first-order valence-corrected chi connectivity index (χ1v) is 8.06. The zero-order chi connectivity index (χ0) is 15.4. The predicted octanol–water partition coefficient (Wildman–Crippen LogP) is 5.28. The summed E-state index contributed by atoms with van der Waals surface area (Å²) < 4.78 is 25.2. The van der Waals surface area contributed by atoms with Crippen molar-refractivity contribution in [1.29, 1.82) is 0 Å². The van der Waals surface area contributed by atoms with Crippen LogP contribution in [0, 0.1) is 5.82 Å². The van der Waals surface area contributed by atoms with Crippen molar-refractivity contribution < 1.29 is 13.9 Å². The van der Waals surface area contributed by atoms with Crippen molar-refractivity contribution in [1.82, 2.24) is 0 Å². The molecular weight excluding hydrogens is 403 g/mol. The van der Waals surface area contributed by atoms with Crippen LogP contribution >= 0.6 is 31.9 Å². The Kier molecular flexibility index (Phi) is 5.65. The Morgan fingerprint density at radius 3 is 2.43 bits per heavy atom. The number of halogens is 3. The molecule has 0 aliphatic carbocycles. The maximum absolute atomic E-state index is 14.0. The molecule has 0 aromatic heterocycles. The Balaban J connectivity index is 2.25. The zero-order valence-corrected chi connectivity index (χ0v) is 14.9. The van der Waals surface area contributed by atoms with Crippen LogP contribution in [-0.4, -0.2) is 14.2 Å². The van der Waals surface area contributed by atoms with E-state index in [1.54, 1.807) is 20.3 Å². The molecule has 0 aliphatic heterocycles. The molecule has 0 bridgehead atoms. The molecule has 0 amide bonds. The Bertz CT molecular complexity index is 611. The quantitative estimate of drug-likeness (QED) is 0.615. The second-order valence-corrected chi connectivity index (χ2v) is 6.46. The van der Waals surface area contributed by atoms with E-state index >= 15 is 0 Å². The van der Waals surface area contributed by atoms with Gasteiger partial charge in [0.2, 0.25) is 0 Å². The molecule has 0 saturated carbocycles. The monoisotopic (exact) mass is 416 g/mol. The van der Waals surface area contributed by atoms with Gasteiger partial charge in [-0.3, -0.25) is 0 Å². The third kappa shape index (κ3) is 3.77. The summed E-state index contributed by atoms with van der Waals surface area (Å²) in [7, 11) is 3.20. The number of hydrogen-bond acceptors (Lipinski definition) is 2. The summed E-state index contributed by atoms with van der Waals surface area (Å²) in [6.45, 7) is 0. The molecule has 0 spiro atoms. The average Bonchev–Trinajstić information content (AvgIpc) is 2.46. The van der Waals surface area contributed by atoms with E-state index in [0.717, 1.165) is 10.0 Å². The lowest BCUT2D eigenvalue weighted by atomic mass is 10.0. The number of benzene rings is 2. The van der Waals surface area contributed by atoms with Crippen LogP contribution in [0.3, 0.4) is 0 Å². The molecule has 21 heavy (non-hydrogen) atoms. The van der Waals surface area contributed by atoms with Crippen LogP contribution in [-0.2, 0) is 6.42 Å². The van der Waals surface area contributed by atoms with Gasteiger partial charge in [-0.2, -0.15) is 0 Å². The van der Waals surface area contributed by atoms with Crippen molar-refractivity contribution in [3.05, 3.63) is 57.8 Å². The lowest BCUT2D eigenvalue weighted by molar-refractivity contribution is 0.354. The summed E-state index contributed by atoms with van der Waals surface area (Å²) in [4.78, 5) is -0.133. The molecule has 1 unspecified atom stereocenters. The van der Waals surface area contributed by atoms with E-state index in [0.29, 0.717) is 23.5 Å². The number of rotatable bonds is 5. The van der Waals surface area contributed by atoms with Gasteiger partial charge in [-0.05, 0) is 36.2 Å². The minimum atomic E-state index is -0.230. The maximum atomic E-state index is 14.0. The molecule has 2 rings (SSSR count). The summed E-state index contributed by atoms with van der Waals surface area (Å²) in [5, 5.41) is 0. The normalized spacial score (nSPS) is 12.0. The van der Waals surface area contributed by atoms with Gasteiger partial charge in [0, 0.05) is 14.9 Å². The summed E-state index contributed by atoms with van der Waals surface area (Å²) in [5.41, 5.74) is 1.65. The minimum Gasteiger partial charge on any atom is -0.493 e. The number of alkyl halides is 1. The van der Waals surface area contributed by atoms with Crippen LogP contribution in [0.2, 0.25) is 0 Å². The van der Waals surface area contributed by atoms with Crippen molar-refractivity contribution in [2.24, 2.45) is 0 Å². The molecule has 0 saturated heterocycles. The summed E-state index contributed by atoms with van der Waals surface area (Å²) in [6, 6.07) is 10.7. The molecule has 2 aromatic rings. The van der Waals surface area contributed by atoms with Crippen LogP contribution < -0.4 is 9.47 Å². The fraction of sp³-hybridized carbons (Fsp3) is 0.250. The highest BCUT2D eigenvalue weighted by Gasteiger charge is 2.17. The third-order valence-corrected chi connectivity index (χ3v) is 4.65. The van der Waals surface area contributed by atoms with Gasteiger partial charge in [0.15, 0.2) is 11.5 Å². The first kappa shape index (κ1) is 16.3. The molecule has 0 radical (unpaired) electrons. The molecule has 2 aromatic carbocycles. The molecule has 0 aliphatic rings. The zero-order valence-electron chi connectivity index (χ0n) is 11.7. The molecule has 112 valence electrons. The molecule has 2 nitrogen and oxygen atoms in total. The van der Waals surface area contributed by atoms with Gasteiger partial charge in [-0.25, -0.2) is 4.39 Å². The van der Waals surface area contributed by atoms with Crippen molar-refractivity contribution in [2.75, 3.05) is 14.2 Å². The van der Waals surface area contributed by atoms with Crippen molar-refractivity contribution in [3.8, 4) is 11.5 Å². The number of methoxy groups -OCH3 is 2. The van der Waals surface area contributed by atoms with Crippen LogP contribution in [0.25, 0.3) is 0 Å². The van der Waals surface area contributed by atoms with Crippen molar-refractivity contribution in [2.45, 2.75) is 11.2 Å². The van der Waals surface area contributed by atoms with E-state index in [1.165, 1.54) is 6.07 Å². The summed E-state index contributed by atoms with van der Waals surface area (Å²) >= 11 is 6.96. The predicted molar refractivity (Wildman–Crippen MR) is 89.0 cm³/mol. The second-order valence-electron chi connectivity index (χ2n) is 4.50. The first-order valence-electron chi connectivity index (χ1n) is 6.35.